The molecule has 1 unspecified atom stereocenters. The normalized spacial score (nSPS) is 17.0. The van der Waals surface area contributed by atoms with Crippen LogP contribution in [0.15, 0.2) is 107 Å². The second-order valence-electron chi connectivity index (χ2n) is 8.03. The molecule has 0 heterocycles. The summed E-state index contributed by atoms with van der Waals surface area (Å²) >= 11 is 0. The molecule has 0 saturated carbocycles. The number of hydrogen-bond donors (Lipinski definition) is 0. The minimum Gasteiger partial charge on any atom is -0.0748 e. The first-order valence-corrected chi connectivity index (χ1v) is 12.1. The number of benzene rings is 3. The van der Waals surface area contributed by atoms with E-state index in [2.05, 4.69) is 119 Å². The molecule has 1 heteroatoms. The average Bonchev–Trinajstić information content (AvgIpc) is 2.98. The molecule has 140 valence electrons. The number of allylic oxidation sites excluding steroid dienone is 4. The molecule has 1 aliphatic carbocycles. The quantitative estimate of drug-likeness (QED) is 0.445. The molecule has 0 nitrogen and oxygen atoms in total. The molecular formula is C27H28Si. The zero-order valence-electron chi connectivity index (χ0n) is 17.2. The maximum Gasteiger partial charge on any atom is 0.176 e. The highest BCUT2D eigenvalue weighted by molar-refractivity contribution is 7.16. The van der Waals surface area contributed by atoms with Gasteiger partial charge in [-0.25, -0.2) is 0 Å². The molecule has 0 N–H and O–H groups in total. The molecule has 1 aliphatic rings. The Kier molecular flexibility index (Phi) is 4.95. The summed E-state index contributed by atoms with van der Waals surface area (Å²) in [6.07, 6.45) is 2.45. The SMILES string of the molecule is CC1=CC(C)C([Si](c2ccccc2)(c2ccccc2)c2ccc(C)cc2)=C1C. The third-order valence-corrected chi connectivity index (χ3v) is 11.5. The highest BCUT2D eigenvalue weighted by Gasteiger charge is 2.46. The van der Waals surface area contributed by atoms with Crippen molar-refractivity contribution >= 4 is 23.6 Å². The van der Waals surface area contributed by atoms with Crippen molar-refractivity contribution < 1.29 is 0 Å². The fraction of sp³-hybridized carbons (Fsp3) is 0.185. The van der Waals surface area contributed by atoms with Crippen molar-refractivity contribution in [1.29, 1.82) is 0 Å². The van der Waals surface area contributed by atoms with Crippen LogP contribution in [0.2, 0.25) is 0 Å². The lowest BCUT2D eigenvalue weighted by atomic mass is 10.2. The van der Waals surface area contributed by atoms with Crippen molar-refractivity contribution in [1.82, 2.24) is 0 Å². The standard InChI is InChI=1S/C27H28Si/c1-20-15-17-26(18-16-20)28(24-11-7-5-8-12-24,25-13-9-6-10-14-25)27-22(3)19-21(2)23(27)4/h5-19,22H,1-4H3. The highest BCUT2D eigenvalue weighted by Crippen LogP contribution is 2.36. The van der Waals surface area contributed by atoms with Gasteiger partial charge in [-0.2, -0.15) is 0 Å². The smallest absolute Gasteiger partial charge is 0.0748 e. The molecule has 3 aromatic rings. The predicted molar refractivity (Wildman–Crippen MR) is 124 cm³/mol. The van der Waals surface area contributed by atoms with Crippen LogP contribution in [0.3, 0.4) is 0 Å². The second-order valence-corrected chi connectivity index (χ2v) is 11.8. The van der Waals surface area contributed by atoms with E-state index < -0.39 is 8.07 Å². The lowest BCUT2D eigenvalue weighted by Crippen LogP contribution is -2.69. The van der Waals surface area contributed by atoms with Gasteiger partial charge in [-0.15, -0.1) is 0 Å². The van der Waals surface area contributed by atoms with E-state index in [9.17, 15) is 0 Å². The largest absolute Gasteiger partial charge is 0.176 e. The van der Waals surface area contributed by atoms with Gasteiger partial charge in [0.05, 0.1) is 0 Å². The van der Waals surface area contributed by atoms with E-state index >= 15 is 0 Å². The lowest BCUT2D eigenvalue weighted by molar-refractivity contribution is 0.922. The van der Waals surface area contributed by atoms with Crippen LogP contribution in [0.4, 0.5) is 0 Å². The Morgan fingerprint density at radius 1 is 0.607 bits per heavy atom. The summed E-state index contributed by atoms with van der Waals surface area (Å²) in [4.78, 5) is 0. The monoisotopic (exact) mass is 380 g/mol. The third-order valence-electron chi connectivity index (χ3n) is 6.25. The van der Waals surface area contributed by atoms with Crippen molar-refractivity contribution in [2.45, 2.75) is 27.7 Å². The number of rotatable bonds is 4. The summed E-state index contributed by atoms with van der Waals surface area (Å²) in [5, 5.41) is 6.04. The maximum absolute atomic E-state index is 2.45. The first kappa shape index (κ1) is 18.7. The van der Waals surface area contributed by atoms with Crippen LogP contribution in [0.25, 0.3) is 0 Å². The summed E-state index contributed by atoms with van der Waals surface area (Å²) in [6.45, 7) is 9.14. The molecule has 0 saturated heterocycles. The first-order chi connectivity index (χ1) is 13.5. The Labute approximate surface area is 170 Å². The Morgan fingerprint density at radius 2 is 1.07 bits per heavy atom. The zero-order valence-corrected chi connectivity index (χ0v) is 18.2. The van der Waals surface area contributed by atoms with Crippen molar-refractivity contribution in [2.24, 2.45) is 5.92 Å². The minimum absolute atomic E-state index is 0.452. The van der Waals surface area contributed by atoms with Gasteiger partial charge in [-0.1, -0.05) is 120 Å². The van der Waals surface area contributed by atoms with Gasteiger partial charge in [0.1, 0.15) is 0 Å². The number of aryl methyl sites for hydroxylation is 1. The molecule has 0 amide bonds. The average molecular weight is 381 g/mol. The van der Waals surface area contributed by atoms with E-state index in [-0.39, 0.29) is 0 Å². The molecule has 0 radical (unpaired) electrons. The van der Waals surface area contributed by atoms with E-state index in [1.807, 2.05) is 0 Å². The van der Waals surface area contributed by atoms with E-state index in [1.165, 1.54) is 32.3 Å². The molecule has 1 atom stereocenters. The van der Waals surface area contributed by atoms with Gasteiger partial charge < -0.3 is 0 Å². The van der Waals surface area contributed by atoms with Gasteiger partial charge >= 0.3 is 0 Å². The van der Waals surface area contributed by atoms with Gasteiger partial charge in [-0.05, 0) is 42.2 Å². The summed E-state index contributed by atoms with van der Waals surface area (Å²) in [7, 11) is -2.35. The number of hydrogen-bond acceptors (Lipinski definition) is 0. The second kappa shape index (κ2) is 7.41. The van der Waals surface area contributed by atoms with E-state index in [1.54, 1.807) is 5.20 Å². The summed E-state index contributed by atoms with van der Waals surface area (Å²) < 4.78 is 0. The van der Waals surface area contributed by atoms with Gasteiger partial charge in [0.15, 0.2) is 8.07 Å². The fourth-order valence-corrected chi connectivity index (χ4v) is 10.4. The molecule has 0 spiro atoms. The van der Waals surface area contributed by atoms with Crippen molar-refractivity contribution in [3.63, 3.8) is 0 Å². The summed E-state index contributed by atoms with van der Waals surface area (Å²) in [5.74, 6) is 0.452. The van der Waals surface area contributed by atoms with Gasteiger partial charge in [-0.3, -0.25) is 0 Å². The van der Waals surface area contributed by atoms with Crippen molar-refractivity contribution in [2.75, 3.05) is 0 Å². The fourth-order valence-electron chi connectivity index (χ4n) is 4.91. The Balaban J connectivity index is 2.15. The van der Waals surface area contributed by atoms with Crippen LogP contribution in [-0.4, -0.2) is 8.07 Å². The molecule has 3 aromatic carbocycles. The van der Waals surface area contributed by atoms with Crippen molar-refractivity contribution in [3.8, 4) is 0 Å². The Bertz CT molecular complexity index is 985. The third kappa shape index (κ3) is 2.91. The molecule has 4 rings (SSSR count). The predicted octanol–water partition coefficient (Wildman–Crippen LogP) is 4.92. The Morgan fingerprint density at radius 3 is 1.50 bits per heavy atom. The van der Waals surface area contributed by atoms with Gasteiger partial charge in [0.2, 0.25) is 0 Å². The minimum atomic E-state index is -2.35. The maximum atomic E-state index is 2.45. The topological polar surface area (TPSA) is 0 Å². The lowest BCUT2D eigenvalue weighted by Gasteiger charge is -2.38. The summed E-state index contributed by atoms with van der Waals surface area (Å²) in [5.41, 5.74) is 4.22. The van der Waals surface area contributed by atoms with Crippen LogP contribution in [0, 0.1) is 12.8 Å². The van der Waals surface area contributed by atoms with Crippen LogP contribution in [-0.2, 0) is 0 Å². The molecule has 28 heavy (non-hydrogen) atoms. The molecule has 0 aromatic heterocycles. The van der Waals surface area contributed by atoms with E-state index in [0.717, 1.165) is 0 Å². The van der Waals surface area contributed by atoms with E-state index in [4.69, 9.17) is 0 Å². The van der Waals surface area contributed by atoms with Crippen LogP contribution < -0.4 is 15.6 Å². The van der Waals surface area contributed by atoms with Crippen LogP contribution in [0.5, 0.6) is 0 Å². The molecule has 0 bridgehead atoms. The van der Waals surface area contributed by atoms with Crippen LogP contribution in [0.1, 0.15) is 26.3 Å². The molecule has 0 fully saturated rings. The zero-order chi connectivity index (χ0) is 19.7. The first-order valence-electron chi connectivity index (χ1n) is 10.1. The van der Waals surface area contributed by atoms with Crippen LogP contribution >= 0.6 is 0 Å². The molecule has 0 aliphatic heterocycles. The van der Waals surface area contributed by atoms with E-state index in [0.29, 0.717) is 5.92 Å². The summed E-state index contributed by atoms with van der Waals surface area (Å²) in [6, 6.07) is 31.8. The molecular weight excluding hydrogens is 352 g/mol. The van der Waals surface area contributed by atoms with Gasteiger partial charge in [0, 0.05) is 0 Å². The van der Waals surface area contributed by atoms with Crippen molar-refractivity contribution in [3.05, 3.63) is 113 Å². The Hall–Kier alpha value is -2.64. The highest BCUT2D eigenvalue weighted by atomic mass is 28.3. The van der Waals surface area contributed by atoms with Gasteiger partial charge in [0.25, 0.3) is 0 Å².